The Balaban J connectivity index is 1.59. The van der Waals surface area contributed by atoms with Gasteiger partial charge in [0.25, 0.3) is 17.7 Å². The molecule has 1 aliphatic heterocycles. The molecule has 0 spiro atoms. The molecule has 0 aliphatic carbocycles. The summed E-state index contributed by atoms with van der Waals surface area (Å²) in [5.74, 6) is -3.63. The lowest BCUT2D eigenvalue weighted by Crippen LogP contribution is -2.49. The highest BCUT2D eigenvalue weighted by Crippen LogP contribution is 2.27. The van der Waals surface area contributed by atoms with Crippen LogP contribution < -0.4 is 5.32 Å². The van der Waals surface area contributed by atoms with Gasteiger partial charge in [0.05, 0.1) is 28.4 Å². The van der Waals surface area contributed by atoms with E-state index in [-0.39, 0.29) is 17.7 Å². The summed E-state index contributed by atoms with van der Waals surface area (Å²) < 4.78 is 5.15. The number of halogens is 1. The number of nitrogens with zero attached hydrogens (tertiary/aromatic N) is 2. The van der Waals surface area contributed by atoms with E-state index < -0.39 is 48.2 Å². The number of fused-ring (bicyclic) bond motifs is 1. The van der Waals surface area contributed by atoms with Crippen molar-refractivity contribution in [2.45, 2.75) is 19.9 Å². The standard InChI is InChI=1S/C24H24ClN3O6/c1-14(2)21(28-22(31)15-8-4-5-9-16(15)23(28)32)24(33)34-13-20(30)27(3)12-19(29)26-18-11-7-6-10-17(18)25/h4-11,14,21H,12-13H2,1-3H3,(H,26,29)/t21-/m0/s1. The topological polar surface area (TPSA) is 113 Å². The summed E-state index contributed by atoms with van der Waals surface area (Å²) in [5, 5.41) is 2.95. The Morgan fingerprint density at radius 2 is 1.56 bits per heavy atom. The number of hydrogen-bond acceptors (Lipinski definition) is 6. The molecule has 2 aromatic rings. The molecule has 1 heterocycles. The van der Waals surface area contributed by atoms with Crippen LogP contribution in [0.4, 0.5) is 5.69 Å². The van der Waals surface area contributed by atoms with E-state index in [4.69, 9.17) is 16.3 Å². The number of imide groups is 1. The van der Waals surface area contributed by atoms with E-state index in [1.165, 1.54) is 19.2 Å². The molecule has 9 nitrogen and oxygen atoms in total. The van der Waals surface area contributed by atoms with Crippen LogP contribution in [0.1, 0.15) is 34.6 Å². The first kappa shape index (κ1) is 24.9. The molecule has 4 amide bonds. The van der Waals surface area contributed by atoms with Gasteiger partial charge in [-0.05, 0) is 30.2 Å². The summed E-state index contributed by atoms with van der Waals surface area (Å²) in [4.78, 5) is 64.9. The van der Waals surface area contributed by atoms with Gasteiger partial charge in [-0.15, -0.1) is 0 Å². The summed E-state index contributed by atoms with van der Waals surface area (Å²) in [6.45, 7) is 2.39. The molecule has 34 heavy (non-hydrogen) atoms. The first-order chi connectivity index (χ1) is 16.1. The molecule has 1 atom stereocenters. The molecule has 0 saturated heterocycles. The number of ether oxygens (including phenoxy) is 1. The molecule has 1 aliphatic rings. The summed E-state index contributed by atoms with van der Waals surface area (Å²) in [6.07, 6.45) is 0. The Morgan fingerprint density at radius 3 is 2.12 bits per heavy atom. The van der Waals surface area contributed by atoms with Crippen LogP contribution in [-0.2, 0) is 19.1 Å². The van der Waals surface area contributed by atoms with Crippen LogP contribution in [0.15, 0.2) is 48.5 Å². The van der Waals surface area contributed by atoms with Gasteiger partial charge in [0, 0.05) is 7.05 Å². The van der Waals surface area contributed by atoms with E-state index in [0.29, 0.717) is 10.7 Å². The molecule has 0 fully saturated rings. The molecule has 0 aromatic heterocycles. The van der Waals surface area contributed by atoms with Gasteiger partial charge in [0.2, 0.25) is 5.91 Å². The van der Waals surface area contributed by atoms with E-state index in [0.717, 1.165) is 9.80 Å². The quantitative estimate of drug-likeness (QED) is 0.454. The van der Waals surface area contributed by atoms with Gasteiger partial charge in [-0.1, -0.05) is 49.7 Å². The average Bonchev–Trinajstić information content (AvgIpc) is 3.04. The molecular formula is C24H24ClN3O6. The average molecular weight is 486 g/mol. The van der Waals surface area contributed by atoms with Crippen LogP contribution in [0.2, 0.25) is 5.02 Å². The second-order valence-electron chi connectivity index (χ2n) is 8.10. The number of amides is 4. The van der Waals surface area contributed by atoms with Gasteiger partial charge in [-0.3, -0.25) is 24.1 Å². The summed E-state index contributed by atoms with van der Waals surface area (Å²) in [5.41, 5.74) is 0.833. The molecule has 0 bridgehead atoms. The van der Waals surface area contributed by atoms with Crippen molar-refractivity contribution < 1.29 is 28.7 Å². The Labute approximate surface area is 201 Å². The first-order valence-electron chi connectivity index (χ1n) is 10.5. The van der Waals surface area contributed by atoms with Crippen molar-refractivity contribution in [1.29, 1.82) is 0 Å². The highest BCUT2D eigenvalue weighted by atomic mass is 35.5. The summed E-state index contributed by atoms with van der Waals surface area (Å²) >= 11 is 6.01. The monoisotopic (exact) mass is 485 g/mol. The van der Waals surface area contributed by atoms with E-state index in [1.54, 1.807) is 50.2 Å². The minimum Gasteiger partial charge on any atom is -0.454 e. The molecule has 10 heteroatoms. The van der Waals surface area contributed by atoms with Gasteiger partial charge >= 0.3 is 5.97 Å². The van der Waals surface area contributed by atoms with E-state index >= 15 is 0 Å². The Morgan fingerprint density at radius 1 is 1.00 bits per heavy atom. The Bertz CT molecular complexity index is 1110. The number of para-hydroxylation sites is 1. The van der Waals surface area contributed by atoms with Crippen molar-refractivity contribution in [2.75, 3.05) is 25.5 Å². The van der Waals surface area contributed by atoms with Crippen LogP contribution >= 0.6 is 11.6 Å². The van der Waals surface area contributed by atoms with Crippen molar-refractivity contribution in [3.8, 4) is 0 Å². The number of rotatable bonds is 8. The second-order valence-corrected chi connectivity index (χ2v) is 8.51. The maximum Gasteiger partial charge on any atom is 0.330 e. The third-order valence-electron chi connectivity index (χ3n) is 5.27. The lowest BCUT2D eigenvalue weighted by atomic mass is 10.0. The number of esters is 1. The van der Waals surface area contributed by atoms with Crippen molar-refractivity contribution in [3.05, 3.63) is 64.7 Å². The highest BCUT2D eigenvalue weighted by molar-refractivity contribution is 6.33. The smallest absolute Gasteiger partial charge is 0.330 e. The van der Waals surface area contributed by atoms with Gasteiger partial charge in [0.15, 0.2) is 6.61 Å². The number of hydrogen-bond donors (Lipinski definition) is 1. The van der Waals surface area contributed by atoms with Crippen molar-refractivity contribution >= 4 is 46.9 Å². The van der Waals surface area contributed by atoms with E-state index in [9.17, 15) is 24.0 Å². The zero-order valence-electron chi connectivity index (χ0n) is 18.9. The van der Waals surface area contributed by atoms with Gasteiger partial charge in [-0.2, -0.15) is 0 Å². The third-order valence-corrected chi connectivity index (χ3v) is 5.60. The predicted molar refractivity (Wildman–Crippen MR) is 124 cm³/mol. The van der Waals surface area contributed by atoms with Crippen LogP contribution in [0.5, 0.6) is 0 Å². The molecule has 0 saturated carbocycles. The van der Waals surface area contributed by atoms with Crippen molar-refractivity contribution in [1.82, 2.24) is 9.80 Å². The van der Waals surface area contributed by atoms with Crippen LogP contribution in [0.25, 0.3) is 0 Å². The molecule has 3 rings (SSSR count). The lowest BCUT2D eigenvalue weighted by Gasteiger charge is -2.27. The van der Waals surface area contributed by atoms with Crippen molar-refractivity contribution in [2.24, 2.45) is 5.92 Å². The second kappa shape index (κ2) is 10.5. The van der Waals surface area contributed by atoms with Gasteiger partial charge in [0.1, 0.15) is 6.04 Å². The van der Waals surface area contributed by atoms with Crippen LogP contribution in [0, 0.1) is 5.92 Å². The summed E-state index contributed by atoms with van der Waals surface area (Å²) in [6, 6.07) is 11.8. The minimum atomic E-state index is -1.20. The summed E-state index contributed by atoms with van der Waals surface area (Å²) in [7, 11) is 1.38. The molecule has 0 radical (unpaired) electrons. The van der Waals surface area contributed by atoms with Gasteiger partial charge < -0.3 is 15.0 Å². The highest BCUT2D eigenvalue weighted by Gasteiger charge is 2.44. The Kier molecular flexibility index (Phi) is 7.68. The minimum absolute atomic E-state index is 0.214. The van der Waals surface area contributed by atoms with Crippen molar-refractivity contribution in [3.63, 3.8) is 0 Å². The maximum absolute atomic E-state index is 12.8. The van der Waals surface area contributed by atoms with E-state index in [1.807, 2.05) is 0 Å². The van der Waals surface area contributed by atoms with Crippen LogP contribution in [0.3, 0.4) is 0 Å². The fourth-order valence-corrected chi connectivity index (χ4v) is 3.70. The van der Waals surface area contributed by atoms with E-state index in [2.05, 4.69) is 5.32 Å². The fraction of sp³-hybridized carbons (Fsp3) is 0.292. The Hall–Kier alpha value is -3.72. The first-order valence-corrected chi connectivity index (χ1v) is 10.9. The molecule has 2 aromatic carbocycles. The largest absolute Gasteiger partial charge is 0.454 e. The zero-order valence-corrected chi connectivity index (χ0v) is 19.7. The molecular weight excluding hydrogens is 462 g/mol. The zero-order chi connectivity index (χ0) is 25.0. The number of nitrogens with one attached hydrogen (secondary N) is 1. The third kappa shape index (κ3) is 5.26. The number of anilines is 1. The fourth-order valence-electron chi connectivity index (χ4n) is 3.52. The number of benzene rings is 2. The molecule has 1 N–H and O–H groups in total. The lowest BCUT2D eigenvalue weighted by molar-refractivity contribution is -0.156. The molecule has 0 unspecified atom stereocenters. The van der Waals surface area contributed by atoms with Gasteiger partial charge in [-0.25, -0.2) is 4.79 Å². The normalized spacial score (nSPS) is 13.5. The SMILES string of the molecule is CC(C)[C@@H](C(=O)OCC(=O)N(C)CC(=O)Nc1ccccc1Cl)N1C(=O)c2ccccc2C1=O. The number of likely N-dealkylation sites (N-methyl/N-ethyl adjacent to an activating group) is 1. The molecule has 178 valence electrons. The number of carbonyl (C=O) groups is 5. The maximum atomic E-state index is 12.8. The van der Waals surface area contributed by atoms with Crippen LogP contribution in [-0.4, -0.2) is 65.6 Å². The number of carbonyl (C=O) groups excluding carboxylic acids is 5. The predicted octanol–water partition coefficient (Wildman–Crippen LogP) is 2.60.